The lowest BCUT2D eigenvalue weighted by Crippen LogP contribution is -2.40. The fourth-order valence-corrected chi connectivity index (χ4v) is 6.41. The van der Waals surface area contributed by atoms with Crippen LogP contribution in [0.2, 0.25) is 0 Å². The number of pyridine rings is 2. The highest BCUT2D eigenvalue weighted by Gasteiger charge is 2.33. The van der Waals surface area contributed by atoms with Gasteiger partial charge in [-0.1, -0.05) is 42.5 Å². The fraction of sp³-hybridized carbons (Fsp3) is 0.0625. The molecule has 0 amide bonds. The molecule has 4 heteroatoms. The Kier molecular flexibility index (Phi) is 3.36. The van der Waals surface area contributed by atoms with Crippen LogP contribution in [0.3, 0.4) is 0 Å². The molecule has 1 unspecified atom stereocenters. The molecular formula is C32H18N2O2. The van der Waals surface area contributed by atoms with Crippen molar-refractivity contribution in [1.82, 2.24) is 9.97 Å². The molecule has 0 saturated carbocycles. The Labute approximate surface area is 206 Å². The van der Waals surface area contributed by atoms with E-state index in [0.717, 1.165) is 45.6 Å². The summed E-state index contributed by atoms with van der Waals surface area (Å²) in [5, 5.41) is 7.00. The lowest BCUT2D eigenvalue weighted by molar-refractivity contribution is 0.209. The summed E-state index contributed by atoms with van der Waals surface area (Å²) in [5.74, 6) is 2.83. The van der Waals surface area contributed by atoms with Crippen LogP contribution in [0.4, 0.5) is 0 Å². The van der Waals surface area contributed by atoms with Crippen molar-refractivity contribution in [1.29, 1.82) is 0 Å². The van der Waals surface area contributed by atoms with E-state index in [4.69, 9.17) is 9.47 Å². The number of hydrogen-bond donors (Lipinski definition) is 0. The van der Waals surface area contributed by atoms with Gasteiger partial charge in [-0.3, -0.25) is 9.97 Å². The summed E-state index contributed by atoms with van der Waals surface area (Å²) in [5.41, 5.74) is 7.03. The highest BCUT2D eigenvalue weighted by Crippen LogP contribution is 2.50. The van der Waals surface area contributed by atoms with Crippen molar-refractivity contribution >= 4 is 45.0 Å². The molecular weight excluding hydrogens is 444 g/mol. The Hall–Kier alpha value is -4.70. The predicted molar refractivity (Wildman–Crippen MR) is 142 cm³/mol. The third kappa shape index (κ3) is 2.20. The van der Waals surface area contributed by atoms with Crippen molar-refractivity contribution in [2.75, 3.05) is 0 Å². The van der Waals surface area contributed by atoms with Gasteiger partial charge in [0.15, 0.2) is 0 Å². The van der Waals surface area contributed by atoms with Crippen molar-refractivity contribution in [3.05, 3.63) is 107 Å². The number of aromatic nitrogens is 2. The molecule has 2 aliphatic carbocycles. The number of hydrogen-bond acceptors (Lipinski definition) is 4. The van der Waals surface area contributed by atoms with E-state index in [2.05, 4.69) is 70.7 Å². The second-order valence-electron chi connectivity index (χ2n) is 9.68. The monoisotopic (exact) mass is 462 g/mol. The minimum Gasteiger partial charge on any atom is -0.484 e. The normalized spacial score (nSPS) is 17.7. The van der Waals surface area contributed by atoms with Crippen LogP contribution in [-0.2, 0) is 4.74 Å². The van der Waals surface area contributed by atoms with Gasteiger partial charge in [0.25, 0.3) is 0 Å². The van der Waals surface area contributed by atoms with Crippen molar-refractivity contribution in [2.45, 2.75) is 12.5 Å². The largest absolute Gasteiger partial charge is 0.484 e. The van der Waals surface area contributed by atoms with E-state index in [0.29, 0.717) is 0 Å². The smallest absolute Gasteiger partial charge is 0.150 e. The quantitative estimate of drug-likeness (QED) is 0.277. The van der Waals surface area contributed by atoms with E-state index in [9.17, 15) is 0 Å². The number of benzene rings is 3. The Morgan fingerprint density at radius 2 is 1.78 bits per heavy atom. The number of rotatable bonds is 0. The number of ether oxygens (including phenoxy) is 2. The van der Waals surface area contributed by atoms with Gasteiger partial charge in [-0.25, -0.2) is 0 Å². The highest BCUT2D eigenvalue weighted by molar-refractivity contribution is 6.11. The molecule has 0 spiro atoms. The second kappa shape index (κ2) is 6.49. The van der Waals surface area contributed by atoms with E-state index in [1.807, 2.05) is 30.9 Å². The predicted octanol–water partition coefficient (Wildman–Crippen LogP) is 6.03. The van der Waals surface area contributed by atoms with Crippen LogP contribution in [0, 0.1) is 0 Å². The van der Waals surface area contributed by atoms with Gasteiger partial charge < -0.3 is 9.47 Å². The zero-order valence-corrected chi connectivity index (χ0v) is 19.2. The van der Waals surface area contributed by atoms with Gasteiger partial charge in [-0.15, -0.1) is 0 Å². The summed E-state index contributed by atoms with van der Waals surface area (Å²) in [6.45, 7) is 0. The molecule has 36 heavy (non-hydrogen) atoms. The van der Waals surface area contributed by atoms with Crippen LogP contribution in [0.15, 0.2) is 79.4 Å². The fourth-order valence-electron chi connectivity index (χ4n) is 6.41. The lowest BCUT2D eigenvalue weighted by Gasteiger charge is -2.33. The minimum atomic E-state index is -0.139. The first-order valence-corrected chi connectivity index (χ1v) is 12.2. The number of fused-ring (bicyclic) bond motifs is 9. The molecule has 5 aromatic rings. The van der Waals surface area contributed by atoms with Crippen molar-refractivity contribution in [3.8, 4) is 22.6 Å². The lowest BCUT2D eigenvalue weighted by atomic mass is 9.81. The zero-order chi connectivity index (χ0) is 23.4. The Balaban J connectivity index is 1.50. The van der Waals surface area contributed by atoms with Gasteiger partial charge in [0, 0.05) is 85.6 Å². The standard InChI is InChI=1S/C32H18N2O2/c1-3-21-27-23-9-7-18-16-34-14-12-20(18)32(23)36-26-6-2-4-22(30(26)27)28-24-10-8-17-15-33-13-11-19(17)31(24)35-25(5-1)29(21)28/h1-5,7-16,32H,6H2. The molecule has 2 aromatic heterocycles. The molecule has 0 saturated heterocycles. The third-order valence-corrected chi connectivity index (χ3v) is 7.90. The van der Waals surface area contributed by atoms with Crippen molar-refractivity contribution in [3.63, 3.8) is 0 Å². The van der Waals surface area contributed by atoms with Gasteiger partial charge in [-0.05, 0) is 35.2 Å². The van der Waals surface area contributed by atoms with Crippen molar-refractivity contribution in [2.24, 2.45) is 0 Å². The van der Waals surface area contributed by atoms with Gasteiger partial charge in [-0.2, -0.15) is 0 Å². The molecule has 168 valence electrons. The van der Waals surface area contributed by atoms with Gasteiger partial charge >= 0.3 is 0 Å². The second-order valence-corrected chi connectivity index (χ2v) is 9.68. The van der Waals surface area contributed by atoms with E-state index in [-0.39, 0.29) is 6.10 Å². The van der Waals surface area contributed by atoms with Gasteiger partial charge in [0.1, 0.15) is 23.4 Å². The Morgan fingerprint density at radius 1 is 0.833 bits per heavy atom. The molecule has 4 aliphatic rings. The van der Waals surface area contributed by atoms with E-state index >= 15 is 0 Å². The van der Waals surface area contributed by atoms with Crippen LogP contribution in [0.1, 0.15) is 29.2 Å². The first kappa shape index (κ1) is 18.6. The van der Waals surface area contributed by atoms with E-state index < -0.39 is 0 Å². The summed E-state index contributed by atoms with van der Waals surface area (Å²) in [4.78, 5) is 8.63. The summed E-state index contributed by atoms with van der Waals surface area (Å²) in [6.07, 6.45) is 17.0. The Morgan fingerprint density at radius 3 is 2.78 bits per heavy atom. The zero-order valence-electron chi connectivity index (χ0n) is 19.2. The Bertz CT molecular complexity index is 2030. The van der Waals surface area contributed by atoms with E-state index in [1.165, 1.54) is 43.5 Å². The molecule has 2 aliphatic heterocycles. The summed E-state index contributed by atoms with van der Waals surface area (Å²) >= 11 is 0. The van der Waals surface area contributed by atoms with E-state index in [1.54, 1.807) is 0 Å². The highest BCUT2D eigenvalue weighted by atomic mass is 16.5. The average molecular weight is 463 g/mol. The van der Waals surface area contributed by atoms with Crippen LogP contribution in [0.25, 0.3) is 56.2 Å². The maximum absolute atomic E-state index is 6.79. The maximum atomic E-state index is 6.79. The summed E-state index contributed by atoms with van der Waals surface area (Å²) in [7, 11) is 0. The summed E-state index contributed by atoms with van der Waals surface area (Å²) in [6, 6.07) is 14.9. The van der Waals surface area contributed by atoms with Crippen LogP contribution in [0.5, 0.6) is 11.5 Å². The molecule has 1 atom stereocenters. The molecule has 4 heterocycles. The molecule has 0 fully saturated rings. The molecule has 0 radical (unpaired) electrons. The topological polar surface area (TPSA) is 44.2 Å². The molecule has 4 nitrogen and oxygen atoms in total. The third-order valence-electron chi connectivity index (χ3n) is 7.90. The van der Waals surface area contributed by atoms with Crippen LogP contribution in [-0.4, -0.2) is 9.97 Å². The number of nitrogens with zero attached hydrogens (tertiary/aromatic N) is 2. The minimum absolute atomic E-state index is 0.139. The summed E-state index contributed by atoms with van der Waals surface area (Å²) < 4.78 is 13.5. The maximum Gasteiger partial charge on any atom is 0.150 e. The molecule has 0 bridgehead atoms. The van der Waals surface area contributed by atoms with Crippen molar-refractivity contribution < 1.29 is 9.47 Å². The first-order chi connectivity index (χ1) is 17.9. The first-order valence-electron chi connectivity index (χ1n) is 12.2. The molecule has 9 rings (SSSR count). The average Bonchev–Trinajstić information content (AvgIpc) is 2.94. The molecule has 0 N–H and O–H groups in total. The van der Waals surface area contributed by atoms with Gasteiger partial charge in [0.05, 0.1) is 0 Å². The van der Waals surface area contributed by atoms with Gasteiger partial charge in [0.2, 0.25) is 0 Å². The van der Waals surface area contributed by atoms with Crippen LogP contribution >= 0.6 is 0 Å². The molecule has 3 aromatic carbocycles. The SMILES string of the molecule is C1=Cc2c3c4c(cccc4c4c2=C(C1)OC1C=4C=Cc2cnccc21)Oc1c-3ccc2cnccc12. The van der Waals surface area contributed by atoms with Crippen LogP contribution < -0.4 is 15.2 Å².